The van der Waals surface area contributed by atoms with E-state index in [1.165, 1.54) is 0 Å². The molecule has 0 unspecified atom stereocenters. The summed E-state index contributed by atoms with van der Waals surface area (Å²) in [6.45, 7) is 2.89. The van der Waals surface area contributed by atoms with Crippen LogP contribution in [0.5, 0.6) is 0 Å². The van der Waals surface area contributed by atoms with Crippen LogP contribution < -0.4 is 10.6 Å². The first-order chi connectivity index (χ1) is 7.38. The Bertz CT molecular complexity index is 413. The molecular formula is C10H12N4S. The number of nitrogens with one attached hydrogen (secondary N) is 2. The maximum absolute atomic E-state index is 4.14. The van der Waals surface area contributed by atoms with Crippen LogP contribution in [-0.4, -0.2) is 16.5 Å². The lowest BCUT2D eigenvalue weighted by Crippen LogP contribution is -2.01. The van der Waals surface area contributed by atoms with Gasteiger partial charge in [-0.1, -0.05) is 0 Å². The number of anilines is 3. The summed E-state index contributed by atoms with van der Waals surface area (Å²) in [5, 5.41) is 9.45. The molecule has 78 valence electrons. The van der Waals surface area contributed by atoms with Crippen molar-refractivity contribution in [3.8, 4) is 0 Å². The molecule has 2 aromatic heterocycles. The molecule has 2 rings (SSSR count). The SMILES string of the molecule is CCNc1cc(Nc2cccs2)ncn1. The predicted molar refractivity (Wildman–Crippen MR) is 63.8 cm³/mol. The van der Waals surface area contributed by atoms with E-state index in [1.807, 2.05) is 30.5 Å². The minimum atomic E-state index is 0.809. The number of rotatable bonds is 4. The minimum absolute atomic E-state index is 0.809. The van der Waals surface area contributed by atoms with Gasteiger partial charge in [0.05, 0.1) is 5.00 Å². The molecule has 15 heavy (non-hydrogen) atoms. The molecule has 0 bridgehead atoms. The topological polar surface area (TPSA) is 49.8 Å². The van der Waals surface area contributed by atoms with Crippen molar-refractivity contribution < 1.29 is 0 Å². The Morgan fingerprint density at radius 3 is 2.93 bits per heavy atom. The second-order valence-electron chi connectivity index (χ2n) is 2.92. The van der Waals surface area contributed by atoms with Crippen molar-refractivity contribution in [1.82, 2.24) is 9.97 Å². The van der Waals surface area contributed by atoms with Crippen molar-refractivity contribution >= 4 is 28.0 Å². The van der Waals surface area contributed by atoms with E-state index >= 15 is 0 Å². The second kappa shape index (κ2) is 4.75. The second-order valence-corrected chi connectivity index (χ2v) is 3.87. The number of hydrogen-bond acceptors (Lipinski definition) is 5. The van der Waals surface area contributed by atoms with Crippen LogP contribution in [0.15, 0.2) is 29.9 Å². The van der Waals surface area contributed by atoms with E-state index < -0.39 is 0 Å². The van der Waals surface area contributed by atoms with Gasteiger partial charge in [-0.25, -0.2) is 9.97 Å². The lowest BCUT2D eigenvalue weighted by Gasteiger charge is -2.05. The number of nitrogens with zero attached hydrogens (tertiary/aromatic N) is 2. The first kappa shape index (κ1) is 9.92. The molecule has 2 aromatic rings. The largest absolute Gasteiger partial charge is 0.370 e. The summed E-state index contributed by atoms with van der Waals surface area (Å²) in [5.41, 5.74) is 0. The maximum atomic E-state index is 4.14. The highest BCUT2D eigenvalue weighted by Gasteiger charge is 1.98. The molecule has 0 spiro atoms. The third-order valence-electron chi connectivity index (χ3n) is 1.80. The average Bonchev–Trinajstić information content (AvgIpc) is 2.71. The molecule has 0 atom stereocenters. The molecule has 0 aromatic carbocycles. The highest BCUT2D eigenvalue weighted by Crippen LogP contribution is 2.20. The molecular weight excluding hydrogens is 208 g/mol. The van der Waals surface area contributed by atoms with Gasteiger partial charge in [0.15, 0.2) is 0 Å². The van der Waals surface area contributed by atoms with Crippen molar-refractivity contribution in [1.29, 1.82) is 0 Å². The van der Waals surface area contributed by atoms with Crippen LogP contribution in [0.4, 0.5) is 16.6 Å². The highest BCUT2D eigenvalue weighted by molar-refractivity contribution is 7.14. The third-order valence-corrected chi connectivity index (χ3v) is 2.58. The van der Waals surface area contributed by atoms with Crippen LogP contribution in [-0.2, 0) is 0 Å². The Kier molecular flexibility index (Phi) is 3.14. The quantitative estimate of drug-likeness (QED) is 0.831. The van der Waals surface area contributed by atoms with Crippen molar-refractivity contribution in [2.24, 2.45) is 0 Å². The first-order valence-electron chi connectivity index (χ1n) is 4.75. The smallest absolute Gasteiger partial charge is 0.136 e. The van der Waals surface area contributed by atoms with Gasteiger partial charge in [0, 0.05) is 12.6 Å². The van der Waals surface area contributed by atoms with Crippen LogP contribution in [0.3, 0.4) is 0 Å². The fourth-order valence-electron chi connectivity index (χ4n) is 1.18. The molecule has 0 saturated heterocycles. The zero-order valence-corrected chi connectivity index (χ0v) is 9.21. The monoisotopic (exact) mass is 220 g/mol. The Balaban J connectivity index is 2.11. The van der Waals surface area contributed by atoms with Gasteiger partial charge in [-0.2, -0.15) is 0 Å². The zero-order chi connectivity index (χ0) is 10.5. The van der Waals surface area contributed by atoms with Crippen LogP contribution >= 0.6 is 11.3 Å². The molecule has 0 aliphatic carbocycles. The standard InChI is InChI=1S/C10H12N4S/c1-2-11-8-6-9(13-7-12-8)14-10-4-3-5-15-10/h3-7H,2H2,1H3,(H2,11,12,13,14). The van der Waals surface area contributed by atoms with Crippen LogP contribution in [0.25, 0.3) is 0 Å². The van der Waals surface area contributed by atoms with Crippen LogP contribution in [0.1, 0.15) is 6.92 Å². The van der Waals surface area contributed by atoms with Gasteiger partial charge in [0.2, 0.25) is 0 Å². The van der Waals surface area contributed by atoms with Crippen molar-refractivity contribution in [2.75, 3.05) is 17.2 Å². The van der Waals surface area contributed by atoms with Crippen molar-refractivity contribution in [2.45, 2.75) is 6.92 Å². The lowest BCUT2D eigenvalue weighted by molar-refractivity contribution is 1.11. The first-order valence-corrected chi connectivity index (χ1v) is 5.63. The molecule has 2 N–H and O–H groups in total. The fraction of sp³-hybridized carbons (Fsp3) is 0.200. The normalized spacial score (nSPS) is 9.93. The molecule has 0 aliphatic rings. The van der Waals surface area contributed by atoms with Crippen LogP contribution in [0.2, 0.25) is 0 Å². The predicted octanol–water partition coefficient (Wildman–Crippen LogP) is 2.71. The lowest BCUT2D eigenvalue weighted by atomic mass is 10.5. The summed E-state index contributed by atoms with van der Waals surface area (Å²) in [4.78, 5) is 8.24. The summed E-state index contributed by atoms with van der Waals surface area (Å²) < 4.78 is 0. The molecule has 0 amide bonds. The zero-order valence-electron chi connectivity index (χ0n) is 8.40. The van der Waals surface area contributed by atoms with Crippen molar-refractivity contribution in [3.63, 3.8) is 0 Å². The summed E-state index contributed by atoms with van der Waals surface area (Å²) in [7, 11) is 0. The average molecular weight is 220 g/mol. The van der Waals surface area contributed by atoms with Crippen molar-refractivity contribution in [3.05, 3.63) is 29.9 Å². The summed E-state index contributed by atoms with van der Waals surface area (Å²) >= 11 is 1.65. The maximum Gasteiger partial charge on any atom is 0.136 e. The molecule has 2 heterocycles. The minimum Gasteiger partial charge on any atom is -0.370 e. The Morgan fingerprint density at radius 1 is 1.33 bits per heavy atom. The highest BCUT2D eigenvalue weighted by atomic mass is 32.1. The molecule has 5 heteroatoms. The molecule has 0 radical (unpaired) electrons. The van der Waals surface area contributed by atoms with Gasteiger partial charge < -0.3 is 10.6 Å². The Hall–Kier alpha value is -1.62. The van der Waals surface area contributed by atoms with E-state index in [1.54, 1.807) is 17.7 Å². The Labute approximate surface area is 92.4 Å². The fourth-order valence-corrected chi connectivity index (χ4v) is 1.80. The van der Waals surface area contributed by atoms with Gasteiger partial charge >= 0.3 is 0 Å². The van der Waals surface area contributed by atoms with E-state index in [0.29, 0.717) is 0 Å². The molecule has 0 aliphatic heterocycles. The van der Waals surface area contributed by atoms with Crippen LogP contribution in [0, 0.1) is 0 Å². The van der Waals surface area contributed by atoms with E-state index in [0.717, 1.165) is 23.2 Å². The summed E-state index contributed by atoms with van der Waals surface area (Å²) in [6.07, 6.45) is 1.55. The van der Waals surface area contributed by atoms with Gasteiger partial charge in [0.25, 0.3) is 0 Å². The van der Waals surface area contributed by atoms with E-state index in [-0.39, 0.29) is 0 Å². The van der Waals surface area contributed by atoms with E-state index in [2.05, 4.69) is 20.6 Å². The molecule has 0 fully saturated rings. The number of aromatic nitrogens is 2. The van der Waals surface area contributed by atoms with Gasteiger partial charge in [-0.3, -0.25) is 0 Å². The number of hydrogen-bond donors (Lipinski definition) is 2. The number of thiophene rings is 1. The van der Waals surface area contributed by atoms with Gasteiger partial charge in [0.1, 0.15) is 18.0 Å². The van der Waals surface area contributed by atoms with E-state index in [4.69, 9.17) is 0 Å². The van der Waals surface area contributed by atoms with Gasteiger partial charge in [-0.15, -0.1) is 11.3 Å². The third kappa shape index (κ3) is 2.66. The summed E-state index contributed by atoms with van der Waals surface area (Å²) in [6, 6.07) is 5.91. The molecule has 4 nitrogen and oxygen atoms in total. The molecule has 0 saturated carbocycles. The Morgan fingerprint density at radius 2 is 2.20 bits per heavy atom. The van der Waals surface area contributed by atoms with E-state index in [9.17, 15) is 0 Å². The van der Waals surface area contributed by atoms with Gasteiger partial charge in [-0.05, 0) is 24.4 Å². The summed E-state index contributed by atoms with van der Waals surface area (Å²) in [5.74, 6) is 1.65.